The Bertz CT molecular complexity index is 452. The third-order valence-electron chi connectivity index (χ3n) is 4.16. The topological polar surface area (TPSA) is 52.6 Å². The van der Waals surface area contributed by atoms with Crippen molar-refractivity contribution in [3.8, 4) is 0 Å². The largest absolute Gasteiger partial charge is 0.437 e. The molecule has 1 heterocycles. The Morgan fingerprint density at radius 2 is 2.05 bits per heavy atom. The molecule has 0 radical (unpaired) electrons. The van der Waals surface area contributed by atoms with Crippen molar-refractivity contribution in [2.45, 2.75) is 32.8 Å². The SMILES string of the molecule is CB(O)N1CC(N[C@H](C)c2ccccc2)[C@H](C(C)=O)C1. The Balaban J connectivity index is 2.05. The van der Waals surface area contributed by atoms with Gasteiger partial charge < -0.3 is 15.2 Å². The fraction of sp³-hybridized carbons (Fsp3) is 0.533. The second-order valence-corrected chi connectivity index (χ2v) is 5.71. The molecule has 5 heteroatoms. The minimum Gasteiger partial charge on any atom is -0.437 e. The first-order valence-corrected chi connectivity index (χ1v) is 7.22. The van der Waals surface area contributed by atoms with Crippen molar-refractivity contribution in [3.05, 3.63) is 35.9 Å². The molecule has 1 unspecified atom stereocenters. The summed E-state index contributed by atoms with van der Waals surface area (Å²) >= 11 is 0. The lowest BCUT2D eigenvalue weighted by molar-refractivity contribution is -0.120. The van der Waals surface area contributed by atoms with Crippen LogP contribution in [-0.2, 0) is 4.79 Å². The Morgan fingerprint density at radius 1 is 1.40 bits per heavy atom. The summed E-state index contributed by atoms with van der Waals surface area (Å²) in [5, 5.41) is 13.2. The zero-order chi connectivity index (χ0) is 14.7. The number of benzene rings is 1. The van der Waals surface area contributed by atoms with Crippen molar-refractivity contribution < 1.29 is 9.82 Å². The van der Waals surface area contributed by atoms with E-state index in [0.29, 0.717) is 13.1 Å². The van der Waals surface area contributed by atoms with Gasteiger partial charge in [0.1, 0.15) is 5.78 Å². The van der Waals surface area contributed by atoms with Gasteiger partial charge in [0.15, 0.2) is 0 Å². The first-order chi connectivity index (χ1) is 9.49. The molecule has 1 aromatic carbocycles. The average molecular weight is 274 g/mol. The Kier molecular flexibility index (Phi) is 4.97. The number of Topliss-reactive ketones (excluding diaryl/α,β-unsaturated/α-hetero) is 1. The van der Waals surface area contributed by atoms with Gasteiger partial charge in [-0.05, 0) is 26.2 Å². The van der Waals surface area contributed by atoms with Gasteiger partial charge in [0.25, 0.3) is 0 Å². The molecule has 1 aromatic rings. The molecular formula is C15H23BN2O2. The van der Waals surface area contributed by atoms with Crippen molar-refractivity contribution in [2.75, 3.05) is 13.1 Å². The monoisotopic (exact) mass is 274 g/mol. The van der Waals surface area contributed by atoms with Crippen molar-refractivity contribution in [2.24, 2.45) is 5.92 Å². The second kappa shape index (κ2) is 6.52. The maximum atomic E-state index is 11.8. The van der Waals surface area contributed by atoms with Crippen molar-refractivity contribution in [1.82, 2.24) is 10.1 Å². The molecule has 1 saturated heterocycles. The van der Waals surface area contributed by atoms with Gasteiger partial charge >= 0.3 is 7.05 Å². The first-order valence-electron chi connectivity index (χ1n) is 7.22. The molecule has 3 atom stereocenters. The maximum absolute atomic E-state index is 11.8. The fourth-order valence-electron chi connectivity index (χ4n) is 2.88. The highest BCUT2D eigenvalue weighted by Gasteiger charge is 2.38. The minimum atomic E-state index is -0.504. The van der Waals surface area contributed by atoms with Crippen LogP contribution in [0.15, 0.2) is 30.3 Å². The van der Waals surface area contributed by atoms with Gasteiger partial charge in [-0.1, -0.05) is 30.3 Å². The number of hydrogen-bond donors (Lipinski definition) is 2. The molecule has 0 bridgehead atoms. The Hall–Kier alpha value is -1.17. The third kappa shape index (κ3) is 3.48. The summed E-state index contributed by atoms with van der Waals surface area (Å²) in [6, 6.07) is 10.5. The summed E-state index contributed by atoms with van der Waals surface area (Å²) < 4.78 is 0. The molecule has 1 aliphatic heterocycles. The highest BCUT2D eigenvalue weighted by Crippen LogP contribution is 2.22. The van der Waals surface area contributed by atoms with Crippen LogP contribution < -0.4 is 5.32 Å². The fourth-order valence-corrected chi connectivity index (χ4v) is 2.88. The van der Waals surface area contributed by atoms with Crippen molar-refractivity contribution in [1.29, 1.82) is 0 Å². The summed E-state index contributed by atoms with van der Waals surface area (Å²) in [5.74, 6) is 0.140. The summed E-state index contributed by atoms with van der Waals surface area (Å²) in [5.41, 5.74) is 1.21. The van der Waals surface area contributed by atoms with Crippen molar-refractivity contribution in [3.63, 3.8) is 0 Å². The quantitative estimate of drug-likeness (QED) is 0.795. The van der Waals surface area contributed by atoms with E-state index in [2.05, 4.69) is 24.4 Å². The van der Waals surface area contributed by atoms with E-state index < -0.39 is 7.05 Å². The smallest absolute Gasteiger partial charge is 0.376 e. The van der Waals surface area contributed by atoms with E-state index in [1.54, 1.807) is 13.7 Å². The lowest BCUT2D eigenvalue weighted by atomic mass is 9.86. The number of carbonyl (C=O) groups excluding carboxylic acids is 1. The lowest BCUT2D eigenvalue weighted by Crippen LogP contribution is -2.41. The van der Waals surface area contributed by atoms with E-state index in [0.717, 1.165) is 0 Å². The van der Waals surface area contributed by atoms with E-state index in [-0.39, 0.29) is 23.8 Å². The predicted octanol–water partition coefficient (Wildman–Crippen LogP) is 1.34. The van der Waals surface area contributed by atoms with Crippen LogP contribution in [0.2, 0.25) is 6.82 Å². The van der Waals surface area contributed by atoms with Gasteiger partial charge in [-0.15, -0.1) is 0 Å². The summed E-state index contributed by atoms with van der Waals surface area (Å²) in [6.45, 7) is 6.83. The van der Waals surface area contributed by atoms with Crippen LogP contribution in [0.1, 0.15) is 25.5 Å². The second-order valence-electron chi connectivity index (χ2n) is 5.71. The average Bonchev–Trinajstić information content (AvgIpc) is 2.84. The number of hydrogen-bond acceptors (Lipinski definition) is 4. The maximum Gasteiger partial charge on any atom is 0.376 e. The van der Waals surface area contributed by atoms with Crippen LogP contribution in [0, 0.1) is 5.92 Å². The molecule has 0 spiro atoms. The number of nitrogens with zero attached hydrogens (tertiary/aromatic N) is 1. The van der Waals surface area contributed by atoms with Gasteiger partial charge in [0, 0.05) is 31.1 Å². The number of rotatable bonds is 5. The molecule has 108 valence electrons. The highest BCUT2D eigenvalue weighted by molar-refractivity contribution is 6.45. The Labute approximate surface area is 121 Å². The molecule has 0 saturated carbocycles. The third-order valence-corrected chi connectivity index (χ3v) is 4.16. The molecule has 2 rings (SSSR count). The summed E-state index contributed by atoms with van der Waals surface area (Å²) in [4.78, 5) is 13.7. The predicted molar refractivity (Wildman–Crippen MR) is 81.4 cm³/mol. The summed E-state index contributed by atoms with van der Waals surface area (Å²) in [6.07, 6.45) is 0. The van der Waals surface area contributed by atoms with Gasteiger partial charge in [-0.2, -0.15) is 0 Å². The molecule has 1 aliphatic rings. The van der Waals surface area contributed by atoms with Crippen LogP contribution in [0.4, 0.5) is 0 Å². The van der Waals surface area contributed by atoms with Crippen LogP contribution in [-0.4, -0.2) is 41.8 Å². The molecular weight excluding hydrogens is 251 g/mol. The van der Waals surface area contributed by atoms with Crippen LogP contribution >= 0.6 is 0 Å². The zero-order valence-electron chi connectivity index (χ0n) is 12.4. The number of ketones is 1. The van der Waals surface area contributed by atoms with Crippen LogP contribution in [0.5, 0.6) is 0 Å². The van der Waals surface area contributed by atoms with Gasteiger partial charge in [0.05, 0.1) is 0 Å². The molecule has 20 heavy (non-hydrogen) atoms. The van der Waals surface area contributed by atoms with E-state index >= 15 is 0 Å². The Morgan fingerprint density at radius 3 is 2.60 bits per heavy atom. The molecule has 2 N–H and O–H groups in total. The van der Waals surface area contributed by atoms with Crippen LogP contribution in [0.3, 0.4) is 0 Å². The first kappa shape index (κ1) is 15.2. The van der Waals surface area contributed by atoms with Gasteiger partial charge in [-0.3, -0.25) is 4.79 Å². The molecule has 4 nitrogen and oxygen atoms in total. The van der Waals surface area contributed by atoms with E-state index in [4.69, 9.17) is 0 Å². The summed E-state index contributed by atoms with van der Waals surface area (Å²) in [7, 11) is -0.504. The van der Waals surface area contributed by atoms with E-state index in [1.165, 1.54) is 5.56 Å². The molecule has 0 aromatic heterocycles. The van der Waals surface area contributed by atoms with Crippen molar-refractivity contribution >= 4 is 12.8 Å². The number of carbonyl (C=O) groups is 1. The van der Waals surface area contributed by atoms with Gasteiger partial charge in [-0.25, -0.2) is 0 Å². The lowest BCUT2D eigenvalue weighted by Gasteiger charge is -2.23. The van der Waals surface area contributed by atoms with E-state index in [1.807, 2.05) is 23.0 Å². The molecule has 0 amide bonds. The molecule has 1 fully saturated rings. The normalized spacial score (nSPS) is 24.6. The van der Waals surface area contributed by atoms with E-state index in [9.17, 15) is 9.82 Å². The minimum absolute atomic E-state index is 0.0456. The van der Waals surface area contributed by atoms with Crippen LogP contribution in [0.25, 0.3) is 0 Å². The zero-order valence-corrected chi connectivity index (χ0v) is 12.4. The standard InChI is InChI=1S/C15H23BN2O2/c1-11(13-7-5-4-6-8-13)17-15-10-18(16(3)20)9-14(15)12(2)19/h4-8,11,14-15,17,20H,9-10H2,1-3H3/t11-,14+,15?/m1/s1. The van der Waals surface area contributed by atoms with Gasteiger partial charge in [0.2, 0.25) is 0 Å². The highest BCUT2D eigenvalue weighted by atomic mass is 16.2. The number of nitrogens with one attached hydrogen (secondary N) is 1. The molecule has 0 aliphatic carbocycles.